The van der Waals surface area contributed by atoms with E-state index in [1.807, 2.05) is 72.8 Å². The first-order valence-electron chi connectivity index (χ1n) is 14.0. The van der Waals surface area contributed by atoms with Gasteiger partial charge in [0.15, 0.2) is 6.29 Å². The maximum absolute atomic E-state index is 12.7. The van der Waals surface area contributed by atoms with Crippen LogP contribution in [0.3, 0.4) is 0 Å². The van der Waals surface area contributed by atoms with Crippen LogP contribution < -0.4 is 5.32 Å². The molecule has 0 bridgehead atoms. The fraction of sp³-hybridized carbons (Fsp3) is 0.344. The van der Waals surface area contributed by atoms with Crippen LogP contribution in [-0.4, -0.2) is 64.8 Å². The Bertz CT molecular complexity index is 1460. The van der Waals surface area contributed by atoms with Crippen molar-refractivity contribution < 1.29 is 24.1 Å². The number of carbonyl (C=O) groups excluding carboxylic acids is 1. The van der Waals surface area contributed by atoms with E-state index in [1.165, 1.54) is 6.20 Å². The maximum Gasteiger partial charge on any atom is 0.271 e. The summed E-state index contributed by atoms with van der Waals surface area (Å²) in [6.07, 6.45) is 1.59. The van der Waals surface area contributed by atoms with E-state index >= 15 is 0 Å². The molecule has 3 heterocycles. The molecule has 0 radical (unpaired) electrons. The van der Waals surface area contributed by atoms with Crippen molar-refractivity contribution in [2.45, 2.75) is 38.1 Å². The number of carbonyl (C=O) groups is 1. The first-order chi connectivity index (χ1) is 20.1. The normalized spacial score (nSPS) is 21.5. The number of aromatic nitrogens is 2. The third-order valence-electron chi connectivity index (χ3n) is 7.57. The fourth-order valence-corrected chi connectivity index (χ4v) is 5.24. The number of morpholine rings is 1. The van der Waals surface area contributed by atoms with Crippen LogP contribution in [0.15, 0.2) is 79.0 Å². The highest BCUT2D eigenvalue weighted by molar-refractivity contribution is 5.93. The molecule has 0 unspecified atom stereocenters. The van der Waals surface area contributed by atoms with Crippen molar-refractivity contribution in [3.63, 3.8) is 0 Å². The van der Waals surface area contributed by atoms with E-state index < -0.39 is 6.29 Å². The first kappa shape index (κ1) is 27.4. The van der Waals surface area contributed by atoms with Crippen molar-refractivity contribution in [2.75, 3.05) is 32.8 Å². The van der Waals surface area contributed by atoms with E-state index in [4.69, 9.17) is 14.2 Å². The average molecular weight is 555 g/mol. The molecule has 1 aromatic heterocycles. The third kappa shape index (κ3) is 6.78. The van der Waals surface area contributed by atoms with Crippen molar-refractivity contribution in [3.05, 3.63) is 107 Å². The molecule has 2 saturated heterocycles. The molecular weight excluding hydrogens is 520 g/mol. The molecule has 4 aromatic rings. The second-order valence-electron chi connectivity index (χ2n) is 10.4. The summed E-state index contributed by atoms with van der Waals surface area (Å²) in [4.78, 5) is 23.8. The second kappa shape index (κ2) is 12.8. The highest BCUT2D eigenvalue weighted by Gasteiger charge is 2.33. The summed E-state index contributed by atoms with van der Waals surface area (Å²) >= 11 is 0. The van der Waals surface area contributed by atoms with E-state index in [2.05, 4.69) is 20.2 Å². The topological polar surface area (TPSA) is 106 Å². The number of hydrogen-bond donors (Lipinski definition) is 2. The monoisotopic (exact) mass is 554 g/mol. The van der Waals surface area contributed by atoms with Crippen LogP contribution in [-0.2, 0) is 27.4 Å². The molecule has 3 atom stereocenters. The van der Waals surface area contributed by atoms with E-state index in [0.717, 1.165) is 67.0 Å². The molecule has 0 spiro atoms. The van der Waals surface area contributed by atoms with Crippen molar-refractivity contribution in [1.29, 1.82) is 0 Å². The van der Waals surface area contributed by atoms with Gasteiger partial charge in [0.05, 0.1) is 49.3 Å². The Hall–Kier alpha value is -3.73. The van der Waals surface area contributed by atoms with Gasteiger partial charge in [-0.15, -0.1) is 0 Å². The van der Waals surface area contributed by atoms with Gasteiger partial charge in [0.2, 0.25) is 0 Å². The summed E-state index contributed by atoms with van der Waals surface area (Å²) in [5.41, 5.74) is 5.54. The fourth-order valence-electron chi connectivity index (χ4n) is 5.24. The summed E-state index contributed by atoms with van der Waals surface area (Å²) in [5.74, 6) is -0.271. The predicted octanol–water partition coefficient (Wildman–Crippen LogP) is 3.93. The minimum atomic E-state index is -0.520. The van der Waals surface area contributed by atoms with Crippen molar-refractivity contribution >= 4 is 16.9 Å². The van der Waals surface area contributed by atoms with Gasteiger partial charge in [-0.1, -0.05) is 60.7 Å². The van der Waals surface area contributed by atoms with Gasteiger partial charge >= 0.3 is 0 Å². The highest BCUT2D eigenvalue weighted by Crippen LogP contribution is 2.38. The second-order valence-corrected chi connectivity index (χ2v) is 10.4. The number of amides is 1. The van der Waals surface area contributed by atoms with Crippen molar-refractivity contribution in [2.24, 2.45) is 0 Å². The van der Waals surface area contributed by atoms with Gasteiger partial charge in [-0.25, -0.2) is 4.98 Å². The third-order valence-corrected chi connectivity index (χ3v) is 7.57. The van der Waals surface area contributed by atoms with Gasteiger partial charge in [-0.2, -0.15) is 0 Å². The van der Waals surface area contributed by atoms with Crippen LogP contribution in [0, 0.1) is 0 Å². The zero-order valence-corrected chi connectivity index (χ0v) is 22.8. The largest absolute Gasteiger partial charge is 0.392 e. The number of nitrogens with one attached hydrogen (secondary N) is 1. The number of aliphatic hydroxyl groups is 1. The molecule has 2 aliphatic heterocycles. The van der Waals surface area contributed by atoms with Crippen LogP contribution in [0.25, 0.3) is 11.0 Å². The SMILES string of the molecule is O=C(NCc1ccc([C@H]2O[C@@H](CN3CCOCC3)C[C@@H](c3ccc(CO)cc3)O2)cc1)c1cnc2ccccc2n1. The van der Waals surface area contributed by atoms with Gasteiger partial charge in [-0.3, -0.25) is 14.7 Å². The molecule has 0 saturated carbocycles. The molecule has 0 aliphatic carbocycles. The van der Waals surface area contributed by atoms with Crippen LogP contribution in [0.5, 0.6) is 0 Å². The molecule has 9 heteroatoms. The van der Waals surface area contributed by atoms with Crippen LogP contribution >= 0.6 is 0 Å². The quantitative estimate of drug-likeness (QED) is 0.338. The van der Waals surface area contributed by atoms with Gasteiger partial charge in [0.1, 0.15) is 5.69 Å². The Morgan fingerprint density at radius 2 is 1.61 bits per heavy atom. The number of para-hydroxylation sites is 2. The van der Waals surface area contributed by atoms with Crippen LogP contribution in [0.4, 0.5) is 0 Å². The molecule has 2 fully saturated rings. The Kier molecular flexibility index (Phi) is 8.60. The van der Waals surface area contributed by atoms with Gasteiger partial charge < -0.3 is 24.6 Å². The minimum Gasteiger partial charge on any atom is -0.392 e. The molecule has 9 nitrogen and oxygen atoms in total. The molecule has 212 valence electrons. The molecule has 1 amide bonds. The number of nitrogens with zero attached hydrogens (tertiary/aromatic N) is 3. The Balaban J connectivity index is 1.12. The van der Waals surface area contributed by atoms with E-state index in [-0.39, 0.29) is 30.4 Å². The summed E-state index contributed by atoms with van der Waals surface area (Å²) in [6.45, 7) is 4.46. The Morgan fingerprint density at radius 3 is 2.37 bits per heavy atom. The van der Waals surface area contributed by atoms with Crippen LogP contribution in [0.1, 0.15) is 51.6 Å². The smallest absolute Gasteiger partial charge is 0.271 e. The first-order valence-corrected chi connectivity index (χ1v) is 14.0. The molecule has 2 N–H and O–H groups in total. The standard InChI is InChI=1S/C32H34N4O5/c37-21-23-7-9-24(10-8-23)30-17-26(20-36-13-15-39-16-14-36)40-32(41-30)25-11-5-22(6-12-25)18-34-31(38)29-19-33-27-3-1-2-4-28(27)35-29/h1-12,19,26,30,32,37H,13-18,20-21H2,(H,34,38)/t26-,30+,32+/m1/s1. The minimum absolute atomic E-state index is 0.00334. The molecule has 3 aromatic carbocycles. The number of ether oxygens (including phenoxy) is 3. The zero-order chi connectivity index (χ0) is 28.0. The van der Waals surface area contributed by atoms with Gasteiger partial charge in [0.25, 0.3) is 5.91 Å². The lowest BCUT2D eigenvalue weighted by atomic mass is 9.99. The number of fused-ring (bicyclic) bond motifs is 1. The van der Waals surface area contributed by atoms with E-state index in [1.54, 1.807) is 0 Å². The summed E-state index contributed by atoms with van der Waals surface area (Å²) in [5, 5.41) is 12.4. The predicted molar refractivity (Wildman–Crippen MR) is 153 cm³/mol. The lowest BCUT2D eigenvalue weighted by Gasteiger charge is -2.39. The number of benzene rings is 3. The molecule has 2 aliphatic rings. The zero-order valence-electron chi connectivity index (χ0n) is 22.8. The summed E-state index contributed by atoms with van der Waals surface area (Å²) in [6, 6.07) is 23.3. The lowest BCUT2D eigenvalue weighted by molar-refractivity contribution is -0.253. The highest BCUT2D eigenvalue weighted by atomic mass is 16.7. The van der Waals surface area contributed by atoms with Crippen LogP contribution in [0.2, 0.25) is 0 Å². The lowest BCUT2D eigenvalue weighted by Crippen LogP contribution is -2.44. The average Bonchev–Trinajstić information content (AvgIpc) is 3.04. The van der Waals surface area contributed by atoms with Gasteiger partial charge in [-0.05, 0) is 28.8 Å². The van der Waals surface area contributed by atoms with E-state index in [9.17, 15) is 9.90 Å². The van der Waals surface area contributed by atoms with Crippen molar-refractivity contribution in [3.8, 4) is 0 Å². The van der Waals surface area contributed by atoms with E-state index in [0.29, 0.717) is 12.1 Å². The number of aliphatic hydroxyl groups excluding tert-OH is 1. The summed E-state index contributed by atoms with van der Waals surface area (Å²) in [7, 11) is 0. The number of rotatable bonds is 8. The molecular formula is C32H34N4O5. The molecule has 6 rings (SSSR count). The summed E-state index contributed by atoms with van der Waals surface area (Å²) < 4.78 is 18.5. The maximum atomic E-state index is 12.7. The Labute approximate surface area is 239 Å². The van der Waals surface area contributed by atoms with Crippen molar-refractivity contribution in [1.82, 2.24) is 20.2 Å². The van der Waals surface area contributed by atoms with Gasteiger partial charge in [0, 0.05) is 38.2 Å². The Morgan fingerprint density at radius 1 is 0.902 bits per heavy atom. The number of hydrogen-bond acceptors (Lipinski definition) is 8. The molecule has 41 heavy (non-hydrogen) atoms.